The van der Waals surface area contributed by atoms with Crippen LogP contribution in [0, 0.1) is 28.6 Å². The highest BCUT2D eigenvalue weighted by atomic mass is 35.5. The minimum absolute atomic E-state index is 0.0189. The highest BCUT2D eigenvalue weighted by Crippen LogP contribution is 2.72. The average Bonchev–Trinajstić information content (AvgIpc) is 2.97. The molecule has 5 heteroatoms. The van der Waals surface area contributed by atoms with E-state index < -0.39 is 27.4 Å². The predicted octanol–water partition coefficient (Wildman–Crippen LogP) is 5.20. The molecule has 0 unspecified atom stereocenters. The predicted molar refractivity (Wildman–Crippen MR) is 129 cm³/mol. The minimum Gasteiger partial charge on any atom is -0.459 e. The molecule has 0 heterocycles. The minimum atomic E-state index is -1.30. The summed E-state index contributed by atoms with van der Waals surface area (Å²) in [4.78, 5) is 11.1. The molecule has 0 aromatic heterocycles. The third kappa shape index (κ3) is 2.81. The van der Waals surface area contributed by atoms with Crippen LogP contribution in [0.2, 0.25) is 0 Å². The maximum Gasteiger partial charge on any atom is 0.178 e. The Bertz CT molecular complexity index is 1060. The zero-order valence-electron chi connectivity index (χ0n) is 19.6. The van der Waals surface area contributed by atoms with E-state index in [-0.39, 0.29) is 23.5 Å². The van der Waals surface area contributed by atoms with Crippen molar-refractivity contribution >= 4 is 17.4 Å². The standard InChI is InChI=1S/C28H33ClO4/c1-17-14-23-22-11-10-19-15-20(30)12-13-25(19,3)27(22,29)24(31)16-26(23,4)28(17,32)18(2)33-21-8-6-5-7-9-21/h5-9,12-13,15,17,22-24,31-32H,2,10-11,14,16H2,1,3-4H3/t17-,22-,23-,24-,25-,26-,27-,28-/m0/s1. The van der Waals surface area contributed by atoms with Crippen molar-refractivity contribution in [2.75, 3.05) is 0 Å². The summed E-state index contributed by atoms with van der Waals surface area (Å²) in [5.41, 5.74) is -1.55. The molecule has 0 saturated heterocycles. The molecule has 0 bridgehead atoms. The maximum atomic E-state index is 12.2. The van der Waals surface area contributed by atoms with Gasteiger partial charge < -0.3 is 14.9 Å². The lowest BCUT2D eigenvalue weighted by Crippen LogP contribution is -2.68. The zero-order chi connectivity index (χ0) is 23.8. The van der Waals surface area contributed by atoms with Gasteiger partial charge in [0, 0.05) is 10.8 Å². The van der Waals surface area contributed by atoms with E-state index in [9.17, 15) is 15.0 Å². The largest absolute Gasteiger partial charge is 0.459 e. The number of ketones is 1. The number of hydrogen-bond acceptors (Lipinski definition) is 4. The second kappa shape index (κ2) is 7.31. The molecule has 0 amide bonds. The summed E-state index contributed by atoms with van der Waals surface area (Å²) >= 11 is 7.48. The molecule has 33 heavy (non-hydrogen) atoms. The molecule has 4 aliphatic rings. The molecule has 0 spiro atoms. The van der Waals surface area contributed by atoms with Crippen LogP contribution in [-0.4, -0.2) is 32.6 Å². The van der Waals surface area contributed by atoms with Crippen LogP contribution in [0.5, 0.6) is 5.75 Å². The Labute approximate surface area is 201 Å². The molecule has 4 aliphatic carbocycles. The second-order valence-corrected chi connectivity index (χ2v) is 11.6. The fourth-order valence-electron chi connectivity index (χ4n) is 7.85. The van der Waals surface area contributed by atoms with E-state index in [1.54, 1.807) is 12.2 Å². The van der Waals surface area contributed by atoms with Crippen molar-refractivity contribution in [2.45, 2.75) is 63.0 Å². The van der Waals surface area contributed by atoms with Gasteiger partial charge in [-0.1, -0.05) is 57.2 Å². The van der Waals surface area contributed by atoms with Gasteiger partial charge in [0.1, 0.15) is 17.1 Å². The van der Waals surface area contributed by atoms with E-state index in [1.807, 2.05) is 43.3 Å². The quantitative estimate of drug-likeness (QED) is 0.473. The molecule has 3 fully saturated rings. The highest BCUT2D eigenvalue weighted by molar-refractivity contribution is 6.26. The highest BCUT2D eigenvalue weighted by Gasteiger charge is 2.74. The van der Waals surface area contributed by atoms with Crippen molar-refractivity contribution in [3.8, 4) is 5.75 Å². The van der Waals surface area contributed by atoms with Crippen molar-refractivity contribution < 1.29 is 19.7 Å². The van der Waals surface area contributed by atoms with Crippen LogP contribution >= 0.6 is 11.6 Å². The second-order valence-electron chi connectivity index (χ2n) is 11.0. The lowest BCUT2D eigenvalue weighted by Gasteiger charge is -2.64. The number of carbonyl (C=O) groups is 1. The Morgan fingerprint density at radius 2 is 1.91 bits per heavy atom. The number of aliphatic hydroxyl groups is 2. The number of hydrogen-bond donors (Lipinski definition) is 2. The van der Waals surface area contributed by atoms with Crippen LogP contribution in [0.25, 0.3) is 0 Å². The number of para-hydroxylation sites is 1. The third-order valence-corrected chi connectivity index (χ3v) is 10.6. The Balaban J connectivity index is 1.54. The molecule has 2 N–H and O–H groups in total. The SMILES string of the molecule is C=C(Oc1ccccc1)[C@@]1(O)[C@@H](C)C[C@H]2[C@@H]3CCC4=CC(=O)C=C[C@]4(C)[C@@]3(Cl)[C@@H](O)C[C@@]21C. The van der Waals surface area contributed by atoms with Gasteiger partial charge in [-0.3, -0.25) is 4.79 Å². The first-order chi connectivity index (χ1) is 15.5. The van der Waals surface area contributed by atoms with Gasteiger partial charge in [0.25, 0.3) is 0 Å². The molecule has 0 radical (unpaired) electrons. The maximum absolute atomic E-state index is 12.2. The molecule has 8 atom stereocenters. The van der Waals surface area contributed by atoms with Crippen LogP contribution < -0.4 is 4.74 Å². The lowest BCUT2D eigenvalue weighted by atomic mass is 9.45. The molecular weight excluding hydrogens is 436 g/mol. The molecule has 176 valence electrons. The van der Waals surface area contributed by atoms with Gasteiger partial charge in [-0.2, -0.15) is 0 Å². The molecule has 5 rings (SSSR count). The van der Waals surface area contributed by atoms with E-state index in [1.165, 1.54) is 0 Å². The van der Waals surface area contributed by atoms with Gasteiger partial charge in [-0.15, -0.1) is 11.6 Å². The summed E-state index contributed by atoms with van der Waals surface area (Å²) in [6.07, 6.45) is 6.96. The number of allylic oxidation sites excluding steroid dienone is 4. The van der Waals surface area contributed by atoms with Crippen LogP contribution in [0.15, 0.2) is 66.5 Å². The summed E-state index contributed by atoms with van der Waals surface area (Å²) in [7, 11) is 0. The van der Waals surface area contributed by atoms with Crippen LogP contribution in [0.3, 0.4) is 0 Å². The average molecular weight is 469 g/mol. The molecule has 3 saturated carbocycles. The van der Waals surface area contributed by atoms with E-state index in [0.717, 1.165) is 24.8 Å². The Hall–Kier alpha value is -1.88. The van der Waals surface area contributed by atoms with E-state index >= 15 is 0 Å². The number of aliphatic hydroxyl groups excluding tert-OH is 1. The lowest BCUT2D eigenvalue weighted by molar-refractivity contribution is -0.155. The van der Waals surface area contributed by atoms with Gasteiger partial charge in [-0.25, -0.2) is 0 Å². The van der Waals surface area contributed by atoms with Crippen molar-refractivity contribution in [1.29, 1.82) is 0 Å². The van der Waals surface area contributed by atoms with Crippen LogP contribution in [0.1, 0.15) is 46.5 Å². The van der Waals surface area contributed by atoms with Gasteiger partial charge in [0.15, 0.2) is 5.78 Å². The van der Waals surface area contributed by atoms with Gasteiger partial charge in [0.2, 0.25) is 0 Å². The molecule has 1 aromatic rings. The summed E-state index contributed by atoms with van der Waals surface area (Å²) in [5, 5.41) is 23.9. The molecule has 0 aliphatic heterocycles. The number of alkyl halides is 1. The van der Waals surface area contributed by atoms with E-state index in [4.69, 9.17) is 16.3 Å². The smallest absolute Gasteiger partial charge is 0.178 e. The fourth-order valence-corrected chi connectivity index (χ4v) is 8.37. The third-order valence-electron chi connectivity index (χ3n) is 9.63. The number of fused-ring (bicyclic) bond motifs is 5. The van der Waals surface area contributed by atoms with Gasteiger partial charge in [-0.05, 0) is 67.7 Å². The van der Waals surface area contributed by atoms with Crippen LogP contribution in [0.4, 0.5) is 0 Å². The van der Waals surface area contributed by atoms with Crippen LogP contribution in [-0.2, 0) is 4.79 Å². The first-order valence-electron chi connectivity index (χ1n) is 11.9. The Kier molecular flexibility index (Phi) is 5.07. The number of carbonyl (C=O) groups excluding carboxylic acids is 1. The Morgan fingerprint density at radius 3 is 2.61 bits per heavy atom. The normalized spacial score (nSPS) is 46.1. The topological polar surface area (TPSA) is 66.8 Å². The number of halogens is 1. The van der Waals surface area contributed by atoms with Crippen molar-refractivity contribution in [1.82, 2.24) is 0 Å². The summed E-state index contributed by atoms with van der Waals surface area (Å²) < 4.78 is 6.08. The monoisotopic (exact) mass is 468 g/mol. The number of benzene rings is 1. The summed E-state index contributed by atoms with van der Waals surface area (Å²) in [5.74, 6) is 0.895. The van der Waals surface area contributed by atoms with E-state index in [2.05, 4.69) is 20.4 Å². The first kappa shape index (κ1) is 22.9. The molecule has 4 nitrogen and oxygen atoms in total. The zero-order valence-corrected chi connectivity index (χ0v) is 20.3. The molecular formula is C28H33ClO4. The van der Waals surface area contributed by atoms with Crippen molar-refractivity contribution in [3.05, 3.63) is 66.5 Å². The number of ether oxygens (including phenoxy) is 1. The summed E-state index contributed by atoms with van der Waals surface area (Å²) in [6, 6.07) is 9.38. The first-order valence-corrected chi connectivity index (χ1v) is 12.3. The van der Waals surface area contributed by atoms with Gasteiger partial charge in [0.05, 0.1) is 11.0 Å². The Morgan fingerprint density at radius 1 is 1.21 bits per heavy atom. The summed E-state index contributed by atoms with van der Waals surface area (Å²) in [6.45, 7) is 10.3. The van der Waals surface area contributed by atoms with Gasteiger partial charge >= 0.3 is 0 Å². The van der Waals surface area contributed by atoms with E-state index in [0.29, 0.717) is 17.9 Å². The van der Waals surface area contributed by atoms with Crippen molar-refractivity contribution in [3.63, 3.8) is 0 Å². The number of rotatable bonds is 3. The van der Waals surface area contributed by atoms with Crippen molar-refractivity contribution in [2.24, 2.45) is 28.6 Å². The fraction of sp³-hybridized carbons (Fsp3) is 0.536. The molecule has 1 aromatic carbocycles.